The van der Waals surface area contributed by atoms with Crippen LogP contribution in [0.3, 0.4) is 0 Å². The molecule has 1 saturated carbocycles. The van der Waals surface area contributed by atoms with Crippen molar-refractivity contribution in [1.29, 1.82) is 0 Å². The predicted octanol–water partition coefficient (Wildman–Crippen LogP) is 5.69. The zero-order chi connectivity index (χ0) is 24.2. The number of hydrogen-bond donors (Lipinski definition) is 3. The lowest BCUT2D eigenvalue weighted by Gasteiger charge is -2.06. The lowest BCUT2D eigenvalue weighted by molar-refractivity contribution is -0.117. The van der Waals surface area contributed by atoms with Crippen LogP contribution in [0.5, 0.6) is 0 Å². The maximum atomic E-state index is 12.2. The molecule has 0 aromatic carbocycles. The Hall–Kier alpha value is -4.15. The summed E-state index contributed by atoms with van der Waals surface area (Å²) >= 11 is 7.63. The minimum atomic E-state index is 0.0399. The van der Waals surface area contributed by atoms with Crippen molar-refractivity contribution in [2.75, 3.05) is 5.32 Å². The maximum absolute atomic E-state index is 12.2. The molecule has 3 N–H and O–H groups in total. The first-order valence-corrected chi connectivity index (χ1v) is 12.5. The topological polar surface area (TPSA) is 125 Å². The number of hydrogen-bond acceptors (Lipinski definition) is 7. The zero-order valence-corrected chi connectivity index (χ0v) is 20.2. The van der Waals surface area contributed by atoms with Crippen molar-refractivity contribution in [1.82, 2.24) is 35.1 Å². The molecule has 0 atom stereocenters. The highest BCUT2D eigenvalue weighted by atomic mass is 35.5. The number of fused-ring (bicyclic) bond motifs is 2. The van der Waals surface area contributed by atoms with Gasteiger partial charge in [0.2, 0.25) is 5.91 Å². The van der Waals surface area contributed by atoms with E-state index in [4.69, 9.17) is 21.6 Å². The van der Waals surface area contributed by atoms with Crippen LogP contribution in [0.2, 0.25) is 4.34 Å². The van der Waals surface area contributed by atoms with Gasteiger partial charge in [-0.25, -0.2) is 9.97 Å². The van der Waals surface area contributed by atoms with Gasteiger partial charge in [0, 0.05) is 34.3 Å². The molecule has 9 nitrogen and oxygen atoms in total. The van der Waals surface area contributed by atoms with Gasteiger partial charge in [-0.1, -0.05) is 11.6 Å². The number of imidazole rings is 1. The van der Waals surface area contributed by atoms with E-state index in [0.717, 1.165) is 45.4 Å². The second-order valence-corrected chi connectivity index (χ2v) is 10.4. The Bertz CT molecular complexity index is 1780. The first-order valence-electron chi connectivity index (χ1n) is 11.3. The number of thiophene rings is 1. The zero-order valence-electron chi connectivity index (χ0n) is 18.6. The molecule has 0 saturated heterocycles. The van der Waals surface area contributed by atoms with Crippen molar-refractivity contribution in [3.8, 4) is 33.2 Å². The Balaban J connectivity index is 1.28. The number of rotatable bonds is 5. The fourth-order valence-electron chi connectivity index (χ4n) is 4.15. The van der Waals surface area contributed by atoms with Crippen LogP contribution in [0.15, 0.2) is 55.1 Å². The van der Waals surface area contributed by atoms with Crippen LogP contribution in [0, 0.1) is 5.92 Å². The highest BCUT2D eigenvalue weighted by Crippen LogP contribution is 2.36. The number of nitrogens with one attached hydrogen (secondary N) is 3. The standard InChI is InChI=1S/C25H17ClN8OS/c26-20-6-5-19(36-20)15-10-28-11-18-21(15)32-24(31-18)23-22-17(33-34-23)4-3-16(30-22)13-7-14(9-27-8-13)29-25(35)12-1-2-12/h3-12H,1-2H2,(H,29,35)(H,31,32)(H,33,34). The summed E-state index contributed by atoms with van der Waals surface area (Å²) < 4.78 is 0.707. The summed E-state index contributed by atoms with van der Waals surface area (Å²) in [4.78, 5) is 34.9. The number of anilines is 1. The summed E-state index contributed by atoms with van der Waals surface area (Å²) in [5, 5.41) is 10.5. The van der Waals surface area contributed by atoms with Crippen LogP contribution >= 0.6 is 22.9 Å². The molecule has 176 valence electrons. The van der Waals surface area contributed by atoms with E-state index in [0.29, 0.717) is 32.8 Å². The van der Waals surface area contributed by atoms with Crippen molar-refractivity contribution in [2.24, 2.45) is 5.92 Å². The molecule has 0 unspecified atom stereocenters. The number of halogens is 1. The van der Waals surface area contributed by atoms with Gasteiger partial charge in [0.1, 0.15) is 11.0 Å². The van der Waals surface area contributed by atoms with Gasteiger partial charge >= 0.3 is 0 Å². The molecule has 0 spiro atoms. The normalized spacial score (nSPS) is 13.5. The van der Waals surface area contributed by atoms with Crippen LogP contribution in [-0.4, -0.2) is 41.0 Å². The maximum Gasteiger partial charge on any atom is 0.227 e. The van der Waals surface area contributed by atoms with E-state index in [1.54, 1.807) is 24.8 Å². The molecule has 1 aliphatic carbocycles. The minimum Gasteiger partial charge on any atom is -0.335 e. The lowest BCUT2D eigenvalue weighted by atomic mass is 10.1. The monoisotopic (exact) mass is 512 g/mol. The third kappa shape index (κ3) is 3.71. The van der Waals surface area contributed by atoms with Gasteiger partial charge in [0.15, 0.2) is 11.5 Å². The molecule has 1 amide bonds. The number of nitrogens with zero attached hydrogens (tertiary/aromatic N) is 5. The van der Waals surface area contributed by atoms with Gasteiger partial charge in [-0.05, 0) is 43.2 Å². The molecule has 6 aromatic rings. The largest absolute Gasteiger partial charge is 0.335 e. The fraction of sp³-hybridized carbons (Fsp3) is 0.120. The summed E-state index contributed by atoms with van der Waals surface area (Å²) in [5.74, 6) is 0.743. The molecular weight excluding hydrogens is 496 g/mol. The number of carbonyl (C=O) groups excluding carboxylic acids is 1. The molecule has 6 aromatic heterocycles. The Morgan fingerprint density at radius 3 is 2.72 bits per heavy atom. The van der Waals surface area contributed by atoms with Crippen LogP contribution in [-0.2, 0) is 4.79 Å². The molecule has 1 aliphatic rings. The van der Waals surface area contributed by atoms with Crippen molar-refractivity contribution in [3.05, 3.63) is 59.5 Å². The molecule has 0 bridgehead atoms. The van der Waals surface area contributed by atoms with E-state index >= 15 is 0 Å². The van der Waals surface area contributed by atoms with Gasteiger partial charge in [0.05, 0.1) is 39.1 Å². The number of carbonyl (C=O) groups is 1. The van der Waals surface area contributed by atoms with Gasteiger partial charge in [-0.15, -0.1) is 11.3 Å². The predicted molar refractivity (Wildman–Crippen MR) is 140 cm³/mol. The first-order chi connectivity index (χ1) is 17.6. The van der Waals surface area contributed by atoms with E-state index in [9.17, 15) is 4.79 Å². The summed E-state index contributed by atoms with van der Waals surface area (Å²) in [6.07, 6.45) is 8.79. The van der Waals surface area contributed by atoms with E-state index in [1.165, 1.54) is 11.3 Å². The number of aromatic nitrogens is 7. The smallest absolute Gasteiger partial charge is 0.227 e. The second kappa shape index (κ2) is 8.21. The first kappa shape index (κ1) is 21.2. The average Bonchev–Trinajstić information content (AvgIpc) is 3.30. The molecular formula is C25H17ClN8OS. The van der Waals surface area contributed by atoms with E-state index < -0.39 is 0 Å². The Morgan fingerprint density at radius 1 is 1.00 bits per heavy atom. The van der Waals surface area contributed by atoms with E-state index in [-0.39, 0.29) is 11.8 Å². The third-order valence-electron chi connectivity index (χ3n) is 6.11. The quantitative estimate of drug-likeness (QED) is 0.272. The van der Waals surface area contributed by atoms with Crippen molar-refractivity contribution in [3.63, 3.8) is 0 Å². The molecule has 7 rings (SSSR count). The molecule has 1 fully saturated rings. The lowest BCUT2D eigenvalue weighted by Crippen LogP contribution is -2.13. The molecule has 36 heavy (non-hydrogen) atoms. The summed E-state index contributed by atoms with van der Waals surface area (Å²) in [7, 11) is 0. The summed E-state index contributed by atoms with van der Waals surface area (Å²) in [6, 6.07) is 9.53. The highest BCUT2D eigenvalue weighted by Gasteiger charge is 2.29. The van der Waals surface area contributed by atoms with Crippen LogP contribution in [0.1, 0.15) is 12.8 Å². The van der Waals surface area contributed by atoms with Gasteiger partial charge < -0.3 is 10.3 Å². The Kier molecular flexibility index (Phi) is 4.83. The Morgan fingerprint density at radius 2 is 1.89 bits per heavy atom. The van der Waals surface area contributed by atoms with Crippen LogP contribution in [0.25, 0.3) is 55.3 Å². The number of amides is 1. The fourth-order valence-corrected chi connectivity index (χ4v) is 5.20. The van der Waals surface area contributed by atoms with E-state index in [2.05, 4.69) is 30.5 Å². The number of aromatic amines is 2. The van der Waals surface area contributed by atoms with Gasteiger partial charge in [-0.2, -0.15) is 5.10 Å². The molecule has 11 heteroatoms. The SMILES string of the molecule is O=C(Nc1cncc(-c2ccc3[nH]nc(-c4nc5c(-c6ccc(Cl)s6)cncc5[nH]4)c3n2)c1)C1CC1. The van der Waals surface area contributed by atoms with Crippen LogP contribution < -0.4 is 5.32 Å². The van der Waals surface area contributed by atoms with Gasteiger partial charge in [-0.3, -0.25) is 19.9 Å². The summed E-state index contributed by atoms with van der Waals surface area (Å²) in [6.45, 7) is 0. The second-order valence-electron chi connectivity index (χ2n) is 8.66. The van der Waals surface area contributed by atoms with Crippen molar-refractivity contribution >= 4 is 56.6 Å². The Labute approximate surface area is 213 Å². The van der Waals surface area contributed by atoms with E-state index in [1.807, 2.05) is 30.3 Å². The molecule has 0 aliphatic heterocycles. The van der Waals surface area contributed by atoms with Gasteiger partial charge in [0.25, 0.3) is 0 Å². The molecule has 6 heterocycles. The van der Waals surface area contributed by atoms with Crippen LogP contribution in [0.4, 0.5) is 5.69 Å². The number of H-pyrrole nitrogens is 2. The minimum absolute atomic E-state index is 0.0399. The number of pyridine rings is 3. The molecule has 0 radical (unpaired) electrons. The van der Waals surface area contributed by atoms with Crippen molar-refractivity contribution < 1.29 is 4.79 Å². The third-order valence-corrected chi connectivity index (χ3v) is 7.38. The van der Waals surface area contributed by atoms with Crippen molar-refractivity contribution in [2.45, 2.75) is 12.8 Å². The highest BCUT2D eigenvalue weighted by molar-refractivity contribution is 7.19. The average molecular weight is 513 g/mol. The summed E-state index contributed by atoms with van der Waals surface area (Å²) in [5.41, 5.74) is 6.70.